The molecule has 3 aromatic rings. The Bertz CT molecular complexity index is 1010. The van der Waals surface area contributed by atoms with Gasteiger partial charge in [-0.25, -0.2) is 4.98 Å². The number of carbonyl (C=O) groups excluding carboxylic acids is 2. The van der Waals surface area contributed by atoms with Crippen molar-refractivity contribution in [2.45, 2.75) is 32.6 Å². The fourth-order valence-corrected chi connectivity index (χ4v) is 3.25. The Morgan fingerprint density at radius 2 is 1.57 bits per heavy atom. The van der Waals surface area contributed by atoms with E-state index in [1.165, 1.54) is 6.20 Å². The number of carbonyl (C=O) groups is 2. The lowest BCUT2D eigenvalue weighted by Crippen LogP contribution is -2.25. The molecule has 0 fully saturated rings. The largest absolute Gasteiger partial charge is 0.316 e. The fraction of sp³-hybridized carbons (Fsp3) is 0.240. The highest BCUT2D eigenvalue weighted by molar-refractivity contribution is 5.96. The summed E-state index contributed by atoms with van der Waals surface area (Å²) in [6, 6.07) is 18.5. The van der Waals surface area contributed by atoms with Gasteiger partial charge in [0, 0.05) is 42.9 Å². The predicted octanol–water partition coefficient (Wildman–Crippen LogP) is 5.47. The summed E-state index contributed by atoms with van der Waals surface area (Å²) < 4.78 is 13.6. The second-order valence-electron chi connectivity index (χ2n) is 7.20. The molecule has 0 spiro atoms. The van der Waals surface area contributed by atoms with Crippen LogP contribution >= 0.6 is 0 Å². The van der Waals surface area contributed by atoms with Crippen molar-refractivity contribution >= 4 is 17.4 Å². The van der Waals surface area contributed by atoms with E-state index < -0.39 is 5.95 Å². The van der Waals surface area contributed by atoms with E-state index in [0.717, 1.165) is 23.2 Å². The molecule has 0 saturated carbocycles. The van der Waals surface area contributed by atoms with Gasteiger partial charge in [-0.3, -0.25) is 9.59 Å². The highest BCUT2D eigenvalue weighted by Crippen LogP contribution is 2.24. The molecule has 0 bridgehead atoms. The van der Waals surface area contributed by atoms with Crippen LogP contribution in [-0.4, -0.2) is 23.7 Å². The minimum absolute atomic E-state index is 0.0313. The summed E-state index contributed by atoms with van der Waals surface area (Å²) in [6.45, 7) is 1.99. The molecule has 0 saturated heterocycles. The first-order chi connectivity index (χ1) is 14.5. The van der Waals surface area contributed by atoms with E-state index in [1.807, 2.05) is 43.3 Å². The molecular formula is C25H25FN2O2. The number of aryl methyl sites for hydroxylation is 1. The van der Waals surface area contributed by atoms with E-state index in [9.17, 15) is 14.0 Å². The standard InChI is InChI=1S/C25H25FN2O2/c1-3-5-24(30)28(2)22-14-11-19(12-15-22)18-7-9-20(10-8-18)23(29)16-13-21-6-4-17-27-25(21)26/h4,6-12,14-15,17H,3,5,13,16H2,1-2H3. The van der Waals surface area contributed by atoms with Gasteiger partial charge in [-0.1, -0.05) is 49.4 Å². The third-order valence-corrected chi connectivity index (χ3v) is 5.09. The number of rotatable bonds is 8. The van der Waals surface area contributed by atoms with Gasteiger partial charge >= 0.3 is 0 Å². The van der Waals surface area contributed by atoms with Crippen molar-refractivity contribution in [3.05, 3.63) is 83.9 Å². The first kappa shape index (κ1) is 21.4. The molecule has 1 heterocycles. The van der Waals surface area contributed by atoms with Crippen molar-refractivity contribution in [2.75, 3.05) is 11.9 Å². The zero-order valence-corrected chi connectivity index (χ0v) is 17.3. The Labute approximate surface area is 176 Å². The second kappa shape index (κ2) is 9.92. The Morgan fingerprint density at radius 1 is 0.933 bits per heavy atom. The smallest absolute Gasteiger partial charge is 0.226 e. The van der Waals surface area contributed by atoms with Crippen LogP contribution in [0.4, 0.5) is 10.1 Å². The minimum Gasteiger partial charge on any atom is -0.316 e. The van der Waals surface area contributed by atoms with E-state index in [-0.39, 0.29) is 18.1 Å². The Balaban J connectivity index is 1.64. The van der Waals surface area contributed by atoms with Gasteiger partial charge in [0.1, 0.15) is 0 Å². The van der Waals surface area contributed by atoms with E-state index in [2.05, 4.69) is 4.98 Å². The Kier molecular flexibility index (Phi) is 7.07. The maximum Gasteiger partial charge on any atom is 0.226 e. The number of hydrogen-bond donors (Lipinski definition) is 0. The monoisotopic (exact) mass is 404 g/mol. The first-order valence-corrected chi connectivity index (χ1v) is 10.1. The molecule has 0 atom stereocenters. The number of Topliss-reactive ketones (excluding diaryl/α,β-unsaturated/α-hetero) is 1. The van der Waals surface area contributed by atoms with Crippen molar-refractivity contribution in [1.29, 1.82) is 0 Å². The summed E-state index contributed by atoms with van der Waals surface area (Å²) in [7, 11) is 1.78. The highest BCUT2D eigenvalue weighted by atomic mass is 19.1. The van der Waals surface area contributed by atoms with Gasteiger partial charge in [-0.05, 0) is 42.2 Å². The quantitative estimate of drug-likeness (QED) is 0.370. The Hall–Kier alpha value is -3.34. The van der Waals surface area contributed by atoms with Crippen molar-refractivity contribution < 1.29 is 14.0 Å². The van der Waals surface area contributed by atoms with Gasteiger partial charge < -0.3 is 4.90 Å². The normalized spacial score (nSPS) is 10.6. The summed E-state index contributed by atoms with van der Waals surface area (Å²) in [5.41, 5.74) is 3.90. The van der Waals surface area contributed by atoms with Crippen LogP contribution in [0.1, 0.15) is 42.1 Å². The molecule has 0 unspecified atom stereocenters. The predicted molar refractivity (Wildman–Crippen MR) is 117 cm³/mol. The van der Waals surface area contributed by atoms with E-state index >= 15 is 0 Å². The average molecular weight is 404 g/mol. The number of ketones is 1. The number of aromatic nitrogens is 1. The molecule has 0 radical (unpaired) electrons. The SMILES string of the molecule is CCCC(=O)N(C)c1ccc(-c2ccc(C(=O)CCc3cccnc3F)cc2)cc1. The third kappa shape index (κ3) is 5.17. The van der Waals surface area contributed by atoms with Gasteiger partial charge in [0.2, 0.25) is 11.9 Å². The van der Waals surface area contributed by atoms with Crippen molar-refractivity contribution in [3.63, 3.8) is 0 Å². The number of hydrogen-bond acceptors (Lipinski definition) is 3. The van der Waals surface area contributed by atoms with Crippen molar-refractivity contribution in [3.8, 4) is 11.1 Å². The van der Waals surface area contributed by atoms with Crippen molar-refractivity contribution in [2.24, 2.45) is 0 Å². The van der Waals surface area contributed by atoms with Gasteiger partial charge in [0.15, 0.2) is 5.78 Å². The summed E-state index contributed by atoms with van der Waals surface area (Å²) >= 11 is 0. The van der Waals surface area contributed by atoms with Crippen LogP contribution in [0.25, 0.3) is 11.1 Å². The highest BCUT2D eigenvalue weighted by Gasteiger charge is 2.11. The minimum atomic E-state index is -0.522. The topological polar surface area (TPSA) is 50.3 Å². The summed E-state index contributed by atoms with van der Waals surface area (Å²) in [5, 5.41) is 0. The molecule has 1 amide bonds. The molecule has 1 aromatic heterocycles. The van der Waals surface area contributed by atoms with Gasteiger partial charge in [-0.2, -0.15) is 4.39 Å². The zero-order valence-electron chi connectivity index (χ0n) is 17.3. The number of pyridine rings is 1. The van der Waals surface area contributed by atoms with Gasteiger partial charge in [-0.15, -0.1) is 0 Å². The molecule has 3 rings (SSSR count). The van der Waals surface area contributed by atoms with Crippen LogP contribution in [0.3, 0.4) is 0 Å². The van der Waals surface area contributed by atoms with Gasteiger partial charge in [0.25, 0.3) is 0 Å². The van der Waals surface area contributed by atoms with Gasteiger partial charge in [0.05, 0.1) is 0 Å². The molecule has 2 aromatic carbocycles. The first-order valence-electron chi connectivity index (χ1n) is 10.1. The Morgan fingerprint density at radius 3 is 2.17 bits per heavy atom. The van der Waals surface area contributed by atoms with Crippen LogP contribution < -0.4 is 4.90 Å². The van der Waals surface area contributed by atoms with Crippen LogP contribution in [0.15, 0.2) is 66.9 Å². The maximum absolute atomic E-state index is 13.6. The number of anilines is 1. The lowest BCUT2D eigenvalue weighted by molar-refractivity contribution is -0.118. The third-order valence-electron chi connectivity index (χ3n) is 5.09. The van der Waals surface area contributed by atoms with E-state index in [4.69, 9.17) is 0 Å². The average Bonchev–Trinajstić information content (AvgIpc) is 2.78. The van der Waals surface area contributed by atoms with Crippen LogP contribution in [0.5, 0.6) is 0 Å². The molecule has 0 aliphatic carbocycles. The van der Waals surface area contributed by atoms with E-state index in [0.29, 0.717) is 24.0 Å². The zero-order chi connectivity index (χ0) is 21.5. The molecule has 0 N–H and O–H groups in total. The lowest BCUT2D eigenvalue weighted by Gasteiger charge is -2.17. The summed E-state index contributed by atoms with van der Waals surface area (Å²) in [5.74, 6) is -0.457. The molecule has 0 aliphatic heterocycles. The number of amides is 1. The van der Waals surface area contributed by atoms with E-state index in [1.54, 1.807) is 36.2 Å². The van der Waals surface area contributed by atoms with Crippen molar-refractivity contribution in [1.82, 2.24) is 4.98 Å². The molecular weight excluding hydrogens is 379 g/mol. The van der Waals surface area contributed by atoms with Crippen LogP contribution in [0, 0.1) is 5.95 Å². The summed E-state index contributed by atoms with van der Waals surface area (Å²) in [6.07, 6.45) is 3.30. The maximum atomic E-state index is 13.6. The fourth-order valence-electron chi connectivity index (χ4n) is 3.25. The molecule has 5 heteroatoms. The number of nitrogens with zero attached hydrogens (tertiary/aromatic N) is 2. The number of halogens is 1. The van der Waals surface area contributed by atoms with Crippen LogP contribution in [0.2, 0.25) is 0 Å². The molecule has 154 valence electrons. The second-order valence-corrected chi connectivity index (χ2v) is 7.20. The molecule has 4 nitrogen and oxygen atoms in total. The molecule has 0 aliphatic rings. The molecule has 30 heavy (non-hydrogen) atoms. The lowest BCUT2D eigenvalue weighted by atomic mass is 9.99. The van der Waals surface area contributed by atoms with Crippen LogP contribution in [-0.2, 0) is 11.2 Å². The summed E-state index contributed by atoms with van der Waals surface area (Å²) in [4.78, 5) is 29.7. The number of benzene rings is 2.